The first-order valence-corrected chi connectivity index (χ1v) is 5.95. The van der Waals surface area contributed by atoms with Crippen molar-refractivity contribution in [2.45, 2.75) is 19.3 Å². The van der Waals surface area contributed by atoms with Crippen LogP contribution >= 0.6 is 0 Å². The van der Waals surface area contributed by atoms with Gasteiger partial charge in [0.05, 0.1) is 0 Å². The third kappa shape index (κ3) is 2.25. The second kappa shape index (κ2) is 5.13. The van der Waals surface area contributed by atoms with Gasteiger partial charge in [-0.3, -0.25) is 0 Å². The molecule has 2 rings (SSSR count). The second-order valence-electron chi connectivity index (χ2n) is 4.36. The van der Waals surface area contributed by atoms with Gasteiger partial charge in [0.15, 0.2) is 0 Å². The summed E-state index contributed by atoms with van der Waals surface area (Å²) in [7, 11) is 2.01. The molecule has 1 nitrogen and oxygen atoms in total. The molecule has 0 aliphatic carbocycles. The lowest BCUT2D eigenvalue weighted by atomic mass is 9.92. The molecule has 1 N–H and O–H groups in total. The highest BCUT2D eigenvalue weighted by Crippen LogP contribution is 2.27. The highest BCUT2D eigenvalue weighted by atomic mass is 14.8. The molecule has 0 fully saturated rings. The van der Waals surface area contributed by atoms with Gasteiger partial charge in [0.25, 0.3) is 0 Å². The van der Waals surface area contributed by atoms with E-state index in [9.17, 15) is 0 Å². The molecule has 0 aliphatic rings. The molecule has 0 saturated heterocycles. The Balaban J connectivity index is 2.36. The standard InChI is InChI=1S/C15H19N/c1-12(10-11-16-2)14-9-5-7-13-6-3-4-8-15(13)14/h3-9,12,16H,10-11H2,1-2H3. The van der Waals surface area contributed by atoms with Gasteiger partial charge in [-0.2, -0.15) is 0 Å². The maximum absolute atomic E-state index is 3.22. The summed E-state index contributed by atoms with van der Waals surface area (Å²) >= 11 is 0. The molecule has 2 aromatic rings. The fourth-order valence-electron chi connectivity index (χ4n) is 2.20. The van der Waals surface area contributed by atoms with Crippen molar-refractivity contribution in [3.05, 3.63) is 48.0 Å². The van der Waals surface area contributed by atoms with Crippen molar-refractivity contribution in [2.75, 3.05) is 13.6 Å². The number of rotatable bonds is 4. The molecular weight excluding hydrogens is 194 g/mol. The lowest BCUT2D eigenvalue weighted by Gasteiger charge is -2.14. The summed E-state index contributed by atoms with van der Waals surface area (Å²) in [6.45, 7) is 3.38. The van der Waals surface area contributed by atoms with Gasteiger partial charge in [0, 0.05) is 0 Å². The maximum Gasteiger partial charge on any atom is -0.00462 e. The van der Waals surface area contributed by atoms with Gasteiger partial charge in [-0.05, 0) is 42.3 Å². The molecule has 2 aromatic carbocycles. The molecule has 0 saturated carbocycles. The molecule has 1 heteroatoms. The van der Waals surface area contributed by atoms with Crippen LogP contribution in [-0.2, 0) is 0 Å². The predicted octanol–water partition coefficient (Wildman–Crippen LogP) is 3.55. The van der Waals surface area contributed by atoms with Crippen LogP contribution in [0, 0.1) is 0 Å². The molecule has 0 aromatic heterocycles. The minimum absolute atomic E-state index is 0.610. The zero-order valence-corrected chi connectivity index (χ0v) is 10.0. The number of hydrogen-bond acceptors (Lipinski definition) is 1. The van der Waals surface area contributed by atoms with Crippen molar-refractivity contribution in [3.63, 3.8) is 0 Å². The third-order valence-corrected chi connectivity index (χ3v) is 3.18. The highest BCUT2D eigenvalue weighted by molar-refractivity contribution is 5.86. The lowest BCUT2D eigenvalue weighted by molar-refractivity contribution is 0.639. The van der Waals surface area contributed by atoms with Crippen molar-refractivity contribution in [1.82, 2.24) is 5.32 Å². The van der Waals surface area contributed by atoms with E-state index in [0.717, 1.165) is 6.54 Å². The molecular formula is C15H19N. The zero-order valence-electron chi connectivity index (χ0n) is 10.0. The summed E-state index contributed by atoms with van der Waals surface area (Å²) < 4.78 is 0. The Morgan fingerprint density at radius 3 is 2.62 bits per heavy atom. The fourth-order valence-corrected chi connectivity index (χ4v) is 2.20. The Morgan fingerprint density at radius 1 is 1.06 bits per heavy atom. The van der Waals surface area contributed by atoms with Crippen molar-refractivity contribution in [1.29, 1.82) is 0 Å². The molecule has 0 radical (unpaired) electrons. The summed E-state index contributed by atoms with van der Waals surface area (Å²) in [4.78, 5) is 0. The van der Waals surface area contributed by atoms with Gasteiger partial charge < -0.3 is 5.32 Å². The third-order valence-electron chi connectivity index (χ3n) is 3.18. The summed E-state index contributed by atoms with van der Waals surface area (Å²) in [5.41, 5.74) is 1.47. The Hall–Kier alpha value is -1.34. The number of fused-ring (bicyclic) bond motifs is 1. The van der Waals surface area contributed by atoms with Crippen LogP contribution < -0.4 is 5.32 Å². The van der Waals surface area contributed by atoms with Gasteiger partial charge >= 0.3 is 0 Å². The van der Waals surface area contributed by atoms with Crippen LogP contribution in [0.25, 0.3) is 10.8 Å². The van der Waals surface area contributed by atoms with E-state index in [1.54, 1.807) is 0 Å². The first kappa shape index (κ1) is 11.2. The van der Waals surface area contributed by atoms with Gasteiger partial charge in [-0.1, -0.05) is 49.4 Å². The molecule has 0 heterocycles. The number of benzene rings is 2. The van der Waals surface area contributed by atoms with Crippen LogP contribution in [0.2, 0.25) is 0 Å². The van der Waals surface area contributed by atoms with Crippen LogP contribution in [0.4, 0.5) is 0 Å². The molecule has 0 spiro atoms. The average molecular weight is 213 g/mol. The van der Waals surface area contributed by atoms with Gasteiger partial charge in [-0.25, -0.2) is 0 Å². The topological polar surface area (TPSA) is 12.0 Å². The minimum atomic E-state index is 0.610. The zero-order chi connectivity index (χ0) is 11.4. The summed E-state index contributed by atoms with van der Waals surface area (Å²) in [6, 6.07) is 15.2. The Bertz CT molecular complexity index is 456. The van der Waals surface area contributed by atoms with Crippen LogP contribution in [0.1, 0.15) is 24.8 Å². The largest absolute Gasteiger partial charge is 0.320 e. The van der Waals surface area contributed by atoms with E-state index in [1.807, 2.05) is 7.05 Å². The highest BCUT2D eigenvalue weighted by Gasteiger charge is 2.07. The average Bonchev–Trinajstić information content (AvgIpc) is 2.35. The minimum Gasteiger partial charge on any atom is -0.320 e. The van der Waals surface area contributed by atoms with E-state index < -0.39 is 0 Å². The first-order valence-electron chi connectivity index (χ1n) is 5.95. The van der Waals surface area contributed by atoms with Crippen molar-refractivity contribution >= 4 is 10.8 Å². The van der Waals surface area contributed by atoms with E-state index >= 15 is 0 Å². The summed E-state index contributed by atoms with van der Waals surface area (Å²) in [6.07, 6.45) is 1.19. The van der Waals surface area contributed by atoms with Crippen molar-refractivity contribution in [3.8, 4) is 0 Å². The molecule has 0 amide bonds. The Labute approximate surface area is 97.5 Å². The molecule has 1 atom stereocenters. The Morgan fingerprint density at radius 2 is 1.81 bits per heavy atom. The first-order chi connectivity index (χ1) is 7.83. The lowest BCUT2D eigenvalue weighted by Crippen LogP contribution is -2.10. The van der Waals surface area contributed by atoms with Crippen LogP contribution in [0.15, 0.2) is 42.5 Å². The maximum atomic E-state index is 3.22. The fraction of sp³-hybridized carbons (Fsp3) is 0.333. The number of hydrogen-bond donors (Lipinski definition) is 1. The van der Waals surface area contributed by atoms with Crippen LogP contribution in [0.3, 0.4) is 0 Å². The van der Waals surface area contributed by atoms with Gasteiger partial charge in [-0.15, -0.1) is 0 Å². The van der Waals surface area contributed by atoms with E-state index in [2.05, 4.69) is 54.7 Å². The van der Waals surface area contributed by atoms with Gasteiger partial charge in [0.2, 0.25) is 0 Å². The number of nitrogens with one attached hydrogen (secondary N) is 1. The van der Waals surface area contributed by atoms with Crippen molar-refractivity contribution in [2.24, 2.45) is 0 Å². The van der Waals surface area contributed by atoms with Crippen molar-refractivity contribution < 1.29 is 0 Å². The molecule has 84 valence electrons. The molecule has 1 unspecified atom stereocenters. The molecule has 0 aliphatic heterocycles. The molecule has 16 heavy (non-hydrogen) atoms. The van der Waals surface area contributed by atoms with E-state index in [4.69, 9.17) is 0 Å². The quantitative estimate of drug-likeness (QED) is 0.819. The smallest absolute Gasteiger partial charge is 0.00462 e. The van der Waals surface area contributed by atoms with E-state index in [-0.39, 0.29) is 0 Å². The second-order valence-corrected chi connectivity index (χ2v) is 4.36. The monoisotopic (exact) mass is 213 g/mol. The molecule has 0 bridgehead atoms. The predicted molar refractivity (Wildman–Crippen MR) is 70.9 cm³/mol. The van der Waals surface area contributed by atoms with Crippen LogP contribution in [0.5, 0.6) is 0 Å². The van der Waals surface area contributed by atoms with Gasteiger partial charge in [0.1, 0.15) is 0 Å². The SMILES string of the molecule is CNCCC(C)c1cccc2ccccc12. The summed E-state index contributed by atoms with van der Waals surface area (Å²) in [5, 5.41) is 5.96. The summed E-state index contributed by atoms with van der Waals surface area (Å²) in [5.74, 6) is 0.610. The normalized spacial score (nSPS) is 12.9. The Kier molecular flexibility index (Phi) is 3.58. The van der Waals surface area contributed by atoms with E-state index in [0.29, 0.717) is 5.92 Å². The van der Waals surface area contributed by atoms with E-state index in [1.165, 1.54) is 22.8 Å². The van der Waals surface area contributed by atoms with Crippen LogP contribution in [-0.4, -0.2) is 13.6 Å².